The fourth-order valence-corrected chi connectivity index (χ4v) is 2.37. The van der Waals surface area contributed by atoms with E-state index in [-0.39, 0.29) is 0 Å². The molecule has 1 saturated heterocycles. The Hall–Kier alpha value is -1.42. The third kappa shape index (κ3) is 2.53. The molecule has 18 heavy (non-hydrogen) atoms. The molecule has 1 aliphatic heterocycles. The fourth-order valence-electron chi connectivity index (χ4n) is 2.37. The summed E-state index contributed by atoms with van der Waals surface area (Å²) < 4.78 is 11.1. The van der Waals surface area contributed by atoms with Gasteiger partial charge in [-0.1, -0.05) is 13.0 Å². The maximum Gasteiger partial charge on any atom is 0.144 e. The van der Waals surface area contributed by atoms with E-state index >= 15 is 0 Å². The van der Waals surface area contributed by atoms with Gasteiger partial charge in [0.2, 0.25) is 0 Å². The Balaban J connectivity index is 2.28. The Bertz CT molecular complexity index is 395. The average molecular weight is 250 g/mol. The summed E-state index contributed by atoms with van der Waals surface area (Å²) in [5, 5.41) is 0. The van der Waals surface area contributed by atoms with Crippen molar-refractivity contribution in [1.82, 2.24) is 0 Å². The van der Waals surface area contributed by atoms with Crippen molar-refractivity contribution >= 4 is 11.4 Å². The number of nitrogens with two attached hydrogens (primary N) is 1. The number of nitrogen functional groups attached to an aromatic ring is 1. The van der Waals surface area contributed by atoms with Gasteiger partial charge in [-0.05, 0) is 25.5 Å². The molecule has 0 aliphatic carbocycles. The monoisotopic (exact) mass is 250 g/mol. The van der Waals surface area contributed by atoms with Crippen molar-refractivity contribution in [3.63, 3.8) is 0 Å². The largest absolute Gasteiger partial charge is 0.492 e. The molecule has 0 spiro atoms. The van der Waals surface area contributed by atoms with Crippen LogP contribution in [0.25, 0.3) is 0 Å². The lowest BCUT2D eigenvalue weighted by Crippen LogP contribution is -2.45. The number of hydrogen-bond acceptors (Lipinski definition) is 4. The van der Waals surface area contributed by atoms with Gasteiger partial charge in [0.05, 0.1) is 37.2 Å². The zero-order valence-electron chi connectivity index (χ0n) is 11.2. The molecule has 1 fully saturated rings. The molecule has 0 aromatic heterocycles. The van der Waals surface area contributed by atoms with Crippen LogP contribution in [0.5, 0.6) is 5.75 Å². The molecular formula is C14H22N2O2. The van der Waals surface area contributed by atoms with E-state index in [0.29, 0.717) is 12.6 Å². The number of nitrogens with zero attached hydrogens (tertiary/aromatic N) is 1. The van der Waals surface area contributed by atoms with Crippen LogP contribution in [0.4, 0.5) is 11.4 Å². The van der Waals surface area contributed by atoms with E-state index in [0.717, 1.165) is 43.3 Å². The van der Waals surface area contributed by atoms with Gasteiger partial charge >= 0.3 is 0 Å². The van der Waals surface area contributed by atoms with Crippen LogP contribution in [0.1, 0.15) is 20.3 Å². The second-order valence-electron chi connectivity index (χ2n) is 4.45. The third-order valence-electron chi connectivity index (χ3n) is 3.35. The minimum Gasteiger partial charge on any atom is -0.492 e. The first-order chi connectivity index (χ1) is 8.77. The maximum absolute atomic E-state index is 6.21. The number of para-hydroxylation sites is 1. The van der Waals surface area contributed by atoms with Gasteiger partial charge in [-0.25, -0.2) is 0 Å². The van der Waals surface area contributed by atoms with Crippen molar-refractivity contribution in [3.05, 3.63) is 18.2 Å². The molecule has 0 bridgehead atoms. The quantitative estimate of drug-likeness (QED) is 0.833. The highest BCUT2D eigenvalue weighted by molar-refractivity contribution is 5.74. The molecule has 1 aliphatic rings. The highest BCUT2D eigenvalue weighted by Gasteiger charge is 2.24. The van der Waals surface area contributed by atoms with E-state index in [4.69, 9.17) is 15.2 Å². The molecule has 0 radical (unpaired) electrons. The van der Waals surface area contributed by atoms with Crippen molar-refractivity contribution in [2.45, 2.75) is 26.3 Å². The lowest BCUT2D eigenvalue weighted by Gasteiger charge is -2.37. The molecule has 2 rings (SSSR count). The summed E-state index contributed by atoms with van der Waals surface area (Å²) in [5.74, 6) is 0.774. The van der Waals surface area contributed by atoms with Crippen molar-refractivity contribution in [2.24, 2.45) is 0 Å². The van der Waals surface area contributed by atoms with Crippen LogP contribution < -0.4 is 15.4 Å². The number of morpholine rings is 1. The minimum absolute atomic E-state index is 0.401. The SMILES string of the molecule is CCOc1cccc(N2CCOCC2CC)c1N. The van der Waals surface area contributed by atoms with Crippen molar-refractivity contribution < 1.29 is 9.47 Å². The summed E-state index contributed by atoms with van der Waals surface area (Å²) in [6.07, 6.45) is 1.05. The van der Waals surface area contributed by atoms with Crippen LogP contribution >= 0.6 is 0 Å². The van der Waals surface area contributed by atoms with E-state index in [1.807, 2.05) is 19.1 Å². The smallest absolute Gasteiger partial charge is 0.144 e. The first-order valence-electron chi connectivity index (χ1n) is 6.63. The summed E-state index contributed by atoms with van der Waals surface area (Å²) in [7, 11) is 0. The Morgan fingerprint density at radius 1 is 1.44 bits per heavy atom. The van der Waals surface area contributed by atoms with Gasteiger partial charge in [0.1, 0.15) is 5.75 Å². The highest BCUT2D eigenvalue weighted by Crippen LogP contribution is 2.34. The lowest BCUT2D eigenvalue weighted by molar-refractivity contribution is 0.0930. The second-order valence-corrected chi connectivity index (χ2v) is 4.45. The van der Waals surface area contributed by atoms with Crippen molar-refractivity contribution in [2.75, 3.05) is 37.0 Å². The molecule has 100 valence electrons. The molecule has 1 heterocycles. The summed E-state index contributed by atoms with van der Waals surface area (Å²) in [4.78, 5) is 2.33. The summed E-state index contributed by atoms with van der Waals surface area (Å²) >= 11 is 0. The molecule has 1 aromatic carbocycles. The van der Waals surface area contributed by atoms with E-state index in [1.165, 1.54) is 0 Å². The first-order valence-corrected chi connectivity index (χ1v) is 6.63. The Labute approximate surface area is 109 Å². The maximum atomic E-state index is 6.21. The van der Waals surface area contributed by atoms with Crippen LogP contribution in [0.3, 0.4) is 0 Å². The van der Waals surface area contributed by atoms with E-state index in [1.54, 1.807) is 0 Å². The van der Waals surface area contributed by atoms with Crippen LogP contribution in [0, 0.1) is 0 Å². The molecule has 0 saturated carbocycles. The zero-order chi connectivity index (χ0) is 13.0. The van der Waals surface area contributed by atoms with Gasteiger partial charge in [-0.15, -0.1) is 0 Å². The highest BCUT2D eigenvalue weighted by atomic mass is 16.5. The van der Waals surface area contributed by atoms with Crippen LogP contribution in [0.2, 0.25) is 0 Å². The minimum atomic E-state index is 0.401. The number of rotatable bonds is 4. The van der Waals surface area contributed by atoms with Gasteiger partial charge in [0.15, 0.2) is 0 Å². The summed E-state index contributed by atoms with van der Waals surface area (Å²) in [6.45, 7) is 7.19. The van der Waals surface area contributed by atoms with E-state index in [9.17, 15) is 0 Å². The van der Waals surface area contributed by atoms with Gasteiger partial charge in [-0.2, -0.15) is 0 Å². The summed E-state index contributed by atoms with van der Waals surface area (Å²) in [6, 6.07) is 6.38. The molecule has 0 amide bonds. The molecule has 1 aromatic rings. The zero-order valence-corrected chi connectivity index (χ0v) is 11.2. The third-order valence-corrected chi connectivity index (χ3v) is 3.35. The van der Waals surface area contributed by atoms with Gasteiger partial charge in [0, 0.05) is 6.54 Å². The molecular weight excluding hydrogens is 228 g/mol. The van der Waals surface area contributed by atoms with E-state index in [2.05, 4.69) is 17.9 Å². The van der Waals surface area contributed by atoms with Crippen LogP contribution in [-0.4, -0.2) is 32.4 Å². The van der Waals surface area contributed by atoms with Gasteiger partial charge in [0.25, 0.3) is 0 Å². The predicted molar refractivity (Wildman–Crippen MR) is 74.3 cm³/mol. The van der Waals surface area contributed by atoms with Gasteiger partial charge in [-0.3, -0.25) is 0 Å². The Morgan fingerprint density at radius 3 is 3.00 bits per heavy atom. The van der Waals surface area contributed by atoms with Crippen molar-refractivity contribution in [3.8, 4) is 5.75 Å². The molecule has 1 unspecified atom stereocenters. The topological polar surface area (TPSA) is 47.7 Å². The number of ether oxygens (including phenoxy) is 2. The van der Waals surface area contributed by atoms with Crippen molar-refractivity contribution in [1.29, 1.82) is 0 Å². The normalized spacial score (nSPS) is 19.9. The predicted octanol–water partition coefficient (Wildman–Crippen LogP) is 2.28. The average Bonchev–Trinajstić information content (AvgIpc) is 2.41. The number of hydrogen-bond donors (Lipinski definition) is 1. The van der Waals surface area contributed by atoms with Crippen LogP contribution in [-0.2, 0) is 4.74 Å². The van der Waals surface area contributed by atoms with Crippen LogP contribution in [0.15, 0.2) is 18.2 Å². The fraction of sp³-hybridized carbons (Fsp3) is 0.571. The van der Waals surface area contributed by atoms with Gasteiger partial charge < -0.3 is 20.1 Å². The number of benzene rings is 1. The first kappa shape index (κ1) is 13.0. The standard InChI is InChI=1S/C14H22N2O2/c1-3-11-10-17-9-8-16(11)12-6-5-7-13(14(12)15)18-4-2/h5-7,11H,3-4,8-10,15H2,1-2H3. The molecule has 2 N–H and O–H groups in total. The Kier molecular flexibility index (Phi) is 4.31. The van der Waals surface area contributed by atoms with E-state index < -0.39 is 0 Å². The number of anilines is 2. The molecule has 1 atom stereocenters. The summed E-state index contributed by atoms with van der Waals surface area (Å²) in [5.41, 5.74) is 8.01. The molecule has 4 nitrogen and oxygen atoms in total. The lowest BCUT2D eigenvalue weighted by atomic mass is 10.1. The Morgan fingerprint density at radius 2 is 2.28 bits per heavy atom. The second kappa shape index (κ2) is 5.96. The molecule has 4 heteroatoms.